The van der Waals surface area contributed by atoms with E-state index >= 15 is 0 Å². The van der Waals surface area contributed by atoms with E-state index < -0.39 is 5.56 Å². The van der Waals surface area contributed by atoms with E-state index in [-0.39, 0.29) is 11.5 Å². The zero-order chi connectivity index (χ0) is 8.43. The van der Waals surface area contributed by atoms with E-state index in [1.165, 1.54) is 13.2 Å². The van der Waals surface area contributed by atoms with Gasteiger partial charge in [0.15, 0.2) is 5.75 Å². The molecule has 4 heteroatoms. The van der Waals surface area contributed by atoms with Crippen LogP contribution in [0, 0.1) is 6.92 Å². The third-order valence-electron chi connectivity index (χ3n) is 1.31. The van der Waals surface area contributed by atoms with Crippen LogP contribution in [0.25, 0.3) is 0 Å². The number of hydrogen-bond donors (Lipinski definition) is 2. The van der Waals surface area contributed by atoms with Crippen LogP contribution in [0.2, 0.25) is 0 Å². The first kappa shape index (κ1) is 7.65. The maximum atomic E-state index is 11.0. The SMILES string of the molecule is COc1c(O)cc(C)[nH]c1=O. The van der Waals surface area contributed by atoms with Crippen LogP contribution in [0.5, 0.6) is 11.5 Å². The van der Waals surface area contributed by atoms with Crippen molar-refractivity contribution in [2.45, 2.75) is 6.92 Å². The molecule has 1 aromatic rings. The van der Waals surface area contributed by atoms with Crippen molar-refractivity contribution in [1.29, 1.82) is 0 Å². The van der Waals surface area contributed by atoms with Crippen LogP contribution < -0.4 is 10.3 Å². The Morgan fingerprint density at radius 1 is 1.64 bits per heavy atom. The maximum Gasteiger partial charge on any atom is 0.294 e. The zero-order valence-electron chi connectivity index (χ0n) is 6.34. The minimum Gasteiger partial charge on any atom is -0.504 e. The van der Waals surface area contributed by atoms with E-state index in [1.54, 1.807) is 6.92 Å². The van der Waals surface area contributed by atoms with Gasteiger partial charge < -0.3 is 14.8 Å². The predicted molar refractivity (Wildman–Crippen MR) is 40.0 cm³/mol. The highest BCUT2D eigenvalue weighted by Gasteiger charge is 2.05. The van der Waals surface area contributed by atoms with E-state index in [1.807, 2.05) is 0 Å². The van der Waals surface area contributed by atoms with Crippen molar-refractivity contribution in [2.24, 2.45) is 0 Å². The third-order valence-corrected chi connectivity index (χ3v) is 1.31. The average Bonchev–Trinajstić information content (AvgIpc) is 1.85. The number of hydrogen-bond acceptors (Lipinski definition) is 3. The van der Waals surface area contributed by atoms with Crippen LogP contribution in [-0.4, -0.2) is 17.2 Å². The molecule has 0 radical (unpaired) electrons. The van der Waals surface area contributed by atoms with Crippen LogP contribution in [0.1, 0.15) is 5.69 Å². The van der Waals surface area contributed by atoms with Gasteiger partial charge in [-0.25, -0.2) is 0 Å². The lowest BCUT2D eigenvalue weighted by Crippen LogP contribution is -2.09. The molecule has 4 nitrogen and oxygen atoms in total. The fourth-order valence-electron chi connectivity index (χ4n) is 0.856. The summed E-state index contributed by atoms with van der Waals surface area (Å²) in [6, 6.07) is 1.43. The molecule has 1 aromatic heterocycles. The molecule has 0 atom stereocenters. The summed E-state index contributed by atoms with van der Waals surface area (Å²) in [6.45, 7) is 1.68. The van der Waals surface area contributed by atoms with Gasteiger partial charge in [-0.15, -0.1) is 0 Å². The van der Waals surface area contributed by atoms with Gasteiger partial charge in [0.1, 0.15) is 0 Å². The molecule has 0 unspecified atom stereocenters. The van der Waals surface area contributed by atoms with Gasteiger partial charge in [-0.05, 0) is 6.92 Å². The number of methoxy groups -OCH3 is 1. The van der Waals surface area contributed by atoms with Gasteiger partial charge in [-0.1, -0.05) is 0 Å². The largest absolute Gasteiger partial charge is 0.504 e. The smallest absolute Gasteiger partial charge is 0.294 e. The highest BCUT2D eigenvalue weighted by atomic mass is 16.5. The maximum absolute atomic E-state index is 11.0. The monoisotopic (exact) mass is 155 g/mol. The van der Waals surface area contributed by atoms with E-state index in [9.17, 15) is 4.79 Å². The highest BCUT2D eigenvalue weighted by Crippen LogP contribution is 2.19. The van der Waals surface area contributed by atoms with Gasteiger partial charge in [-0.3, -0.25) is 4.79 Å². The second-order valence-corrected chi connectivity index (χ2v) is 2.20. The molecule has 2 N–H and O–H groups in total. The lowest BCUT2D eigenvalue weighted by atomic mass is 10.3. The standard InChI is InChI=1S/C7H9NO3/c1-4-3-5(9)6(11-2)7(10)8-4/h3H,1-2H3,(H2,8,9,10). The summed E-state index contributed by atoms with van der Waals surface area (Å²) in [7, 11) is 1.33. The molecule has 0 amide bonds. The molecular formula is C7H9NO3. The number of pyridine rings is 1. The minimum atomic E-state index is -0.412. The van der Waals surface area contributed by atoms with Gasteiger partial charge in [0.2, 0.25) is 5.75 Å². The fourth-order valence-corrected chi connectivity index (χ4v) is 0.856. The fraction of sp³-hybridized carbons (Fsp3) is 0.286. The van der Waals surface area contributed by atoms with Gasteiger partial charge in [0.25, 0.3) is 5.56 Å². The lowest BCUT2D eigenvalue weighted by molar-refractivity contribution is 0.367. The first-order valence-corrected chi connectivity index (χ1v) is 3.12. The molecule has 0 aliphatic rings. The summed E-state index contributed by atoms with van der Waals surface area (Å²) in [4.78, 5) is 13.4. The molecule has 0 bridgehead atoms. The number of aromatic hydroxyl groups is 1. The third kappa shape index (κ3) is 1.34. The summed E-state index contributed by atoms with van der Waals surface area (Å²) in [5, 5.41) is 9.13. The quantitative estimate of drug-likeness (QED) is 0.617. The second-order valence-electron chi connectivity index (χ2n) is 2.20. The Balaban J connectivity index is 3.37. The minimum absolute atomic E-state index is 0.0457. The zero-order valence-corrected chi connectivity index (χ0v) is 6.34. The Bertz CT molecular complexity index is 316. The van der Waals surface area contributed by atoms with Crippen molar-refractivity contribution in [3.63, 3.8) is 0 Å². The number of nitrogens with one attached hydrogen (secondary N) is 1. The Morgan fingerprint density at radius 2 is 2.27 bits per heavy atom. The van der Waals surface area contributed by atoms with Crippen molar-refractivity contribution < 1.29 is 9.84 Å². The molecule has 0 aliphatic heterocycles. The van der Waals surface area contributed by atoms with E-state index in [0.717, 1.165) is 0 Å². The summed E-state index contributed by atoms with van der Waals surface area (Å²) >= 11 is 0. The van der Waals surface area contributed by atoms with Crippen LogP contribution in [0.4, 0.5) is 0 Å². The van der Waals surface area contributed by atoms with Crippen LogP contribution in [0.15, 0.2) is 10.9 Å². The molecule has 0 fully saturated rings. The summed E-state index contributed by atoms with van der Waals surface area (Å²) in [5.41, 5.74) is 0.193. The number of aromatic amines is 1. The number of ether oxygens (including phenoxy) is 1. The molecule has 0 saturated carbocycles. The number of aryl methyl sites for hydroxylation is 1. The van der Waals surface area contributed by atoms with Gasteiger partial charge in [-0.2, -0.15) is 0 Å². The van der Waals surface area contributed by atoms with E-state index in [2.05, 4.69) is 9.72 Å². The molecule has 0 saturated heterocycles. The number of rotatable bonds is 1. The first-order valence-electron chi connectivity index (χ1n) is 3.12. The second kappa shape index (κ2) is 2.65. The first-order chi connectivity index (χ1) is 5.15. The molecule has 60 valence electrons. The Hall–Kier alpha value is -1.45. The van der Waals surface area contributed by atoms with Crippen molar-refractivity contribution in [2.75, 3.05) is 7.11 Å². The Kier molecular flexibility index (Phi) is 1.85. The molecule has 0 spiro atoms. The predicted octanol–water partition coefficient (Wildman–Crippen LogP) is 0.398. The number of aromatic nitrogens is 1. The Labute approximate surface area is 63.5 Å². The molecular weight excluding hydrogens is 146 g/mol. The van der Waals surface area contributed by atoms with Gasteiger partial charge in [0.05, 0.1) is 7.11 Å². The molecule has 11 heavy (non-hydrogen) atoms. The summed E-state index contributed by atoms with van der Waals surface area (Å²) < 4.78 is 4.64. The average molecular weight is 155 g/mol. The number of H-pyrrole nitrogens is 1. The van der Waals surface area contributed by atoms with Gasteiger partial charge >= 0.3 is 0 Å². The summed E-state index contributed by atoms with van der Waals surface area (Å²) in [5.74, 6) is -0.177. The summed E-state index contributed by atoms with van der Waals surface area (Å²) in [6.07, 6.45) is 0. The van der Waals surface area contributed by atoms with Crippen molar-refractivity contribution >= 4 is 0 Å². The molecule has 0 aromatic carbocycles. The van der Waals surface area contributed by atoms with E-state index in [4.69, 9.17) is 5.11 Å². The molecule has 1 rings (SSSR count). The van der Waals surface area contributed by atoms with Crippen LogP contribution in [-0.2, 0) is 0 Å². The lowest BCUT2D eigenvalue weighted by Gasteiger charge is -2.01. The van der Waals surface area contributed by atoms with Gasteiger partial charge in [0, 0.05) is 11.8 Å². The normalized spacial score (nSPS) is 9.64. The van der Waals surface area contributed by atoms with Crippen LogP contribution >= 0.6 is 0 Å². The topological polar surface area (TPSA) is 62.3 Å². The highest BCUT2D eigenvalue weighted by molar-refractivity contribution is 5.37. The molecule has 0 aliphatic carbocycles. The van der Waals surface area contributed by atoms with E-state index in [0.29, 0.717) is 5.69 Å². The van der Waals surface area contributed by atoms with Crippen molar-refractivity contribution in [3.05, 3.63) is 22.1 Å². The van der Waals surface area contributed by atoms with Crippen molar-refractivity contribution in [3.8, 4) is 11.5 Å². The van der Waals surface area contributed by atoms with Crippen LogP contribution in [0.3, 0.4) is 0 Å². The van der Waals surface area contributed by atoms with Crippen molar-refractivity contribution in [1.82, 2.24) is 4.98 Å². The molecule has 1 heterocycles. The Morgan fingerprint density at radius 3 is 2.73 bits per heavy atom.